The molecule has 0 radical (unpaired) electrons. The van der Waals surface area contributed by atoms with Gasteiger partial charge in [0.2, 0.25) is 5.91 Å². The number of nitrogens with zero attached hydrogens (tertiary/aromatic N) is 2. The average molecular weight is 346 g/mol. The molecule has 6 nitrogen and oxygen atoms in total. The van der Waals surface area contributed by atoms with Crippen molar-refractivity contribution in [2.45, 2.75) is 13.8 Å². The fourth-order valence-corrected chi connectivity index (χ4v) is 3.76. The zero-order chi connectivity index (χ0) is 18.0. The molecule has 2 unspecified atom stereocenters. The highest BCUT2D eigenvalue weighted by atomic mass is 16.5. The summed E-state index contributed by atoms with van der Waals surface area (Å²) in [4.78, 5) is 28.0. The number of carbonyl (C=O) groups is 2. The first-order valence-corrected chi connectivity index (χ1v) is 8.83. The lowest BCUT2D eigenvalue weighted by Gasteiger charge is -2.35. The molecule has 0 spiro atoms. The van der Waals surface area contributed by atoms with Gasteiger partial charge in [0.1, 0.15) is 12.4 Å². The molecule has 0 bridgehead atoms. The van der Waals surface area contributed by atoms with Crippen LogP contribution in [0, 0.1) is 17.3 Å². The monoisotopic (exact) mass is 346 g/mol. The first-order valence-electron chi connectivity index (χ1n) is 8.83. The van der Waals surface area contributed by atoms with Gasteiger partial charge in [0, 0.05) is 32.7 Å². The third-order valence-electron chi connectivity index (χ3n) is 5.46. The minimum Gasteiger partial charge on any atom is -0.492 e. The second kappa shape index (κ2) is 7.04. The third kappa shape index (κ3) is 3.79. The van der Waals surface area contributed by atoms with Crippen LogP contribution in [0.2, 0.25) is 0 Å². The molecule has 1 aromatic carbocycles. The number of rotatable bonds is 6. The summed E-state index contributed by atoms with van der Waals surface area (Å²) in [6, 6.07) is 9.73. The summed E-state index contributed by atoms with van der Waals surface area (Å²) in [6.07, 6.45) is 0. The first-order chi connectivity index (χ1) is 11.9. The van der Waals surface area contributed by atoms with Gasteiger partial charge in [-0.25, -0.2) is 0 Å². The highest BCUT2D eigenvalue weighted by Gasteiger charge is 2.66. The van der Waals surface area contributed by atoms with Crippen LogP contribution < -0.4 is 4.74 Å². The van der Waals surface area contributed by atoms with Crippen molar-refractivity contribution in [3.63, 3.8) is 0 Å². The van der Waals surface area contributed by atoms with Crippen molar-refractivity contribution in [2.24, 2.45) is 17.3 Å². The number of carboxylic acids is 1. The zero-order valence-corrected chi connectivity index (χ0v) is 14.9. The number of carbonyl (C=O) groups excluding carboxylic acids is 1. The number of hydrogen-bond donors (Lipinski definition) is 1. The maximum absolute atomic E-state index is 12.6. The van der Waals surface area contributed by atoms with Gasteiger partial charge in [0.15, 0.2) is 0 Å². The number of benzene rings is 1. The highest BCUT2D eigenvalue weighted by molar-refractivity contribution is 5.91. The lowest BCUT2D eigenvalue weighted by atomic mass is 10.1. The van der Waals surface area contributed by atoms with E-state index in [1.807, 2.05) is 49.1 Å². The van der Waals surface area contributed by atoms with Crippen LogP contribution in [0.5, 0.6) is 5.75 Å². The van der Waals surface area contributed by atoms with Gasteiger partial charge in [0.25, 0.3) is 0 Å². The second-order valence-corrected chi connectivity index (χ2v) is 7.44. The van der Waals surface area contributed by atoms with Gasteiger partial charge in [-0.1, -0.05) is 32.0 Å². The van der Waals surface area contributed by atoms with E-state index >= 15 is 0 Å². The molecule has 1 N–H and O–H groups in total. The maximum Gasteiger partial charge on any atom is 0.307 e. The Morgan fingerprint density at radius 3 is 2.32 bits per heavy atom. The Labute approximate surface area is 148 Å². The van der Waals surface area contributed by atoms with Crippen LogP contribution in [0.25, 0.3) is 0 Å². The largest absolute Gasteiger partial charge is 0.492 e. The van der Waals surface area contributed by atoms with Crippen molar-refractivity contribution in [1.29, 1.82) is 0 Å². The highest BCUT2D eigenvalue weighted by Crippen LogP contribution is 2.59. The van der Waals surface area contributed by atoms with Crippen LogP contribution in [-0.2, 0) is 9.59 Å². The molecule has 1 saturated heterocycles. The molecule has 1 heterocycles. The fourth-order valence-electron chi connectivity index (χ4n) is 3.76. The van der Waals surface area contributed by atoms with Gasteiger partial charge in [-0.2, -0.15) is 0 Å². The molecule has 1 amide bonds. The van der Waals surface area contributed by atoms with Crippen molar-refractivity contribution in [3.8, 4) is 5.75 Å². The Kier molecular flexibility index (Phi) is 4.99. The van der Waals surface area contributed by atoms with Gasteiger partial charge in [-0.05, 0) is 17.5 Å². The summed E-state index contributed by atoms with van der Waals surface area (Å²) in [6.45, 7) is 8.09. The molecule has 1 aromatic rings. The predicted molar refractivity (Wildman–Crippen MR) is 93.4 cm³/mol. The fraction of sp³-hybridized carbons (Fsp3) is 0.579. The van der Waals surface area contributed by atoms with E-state index in [-0.39, 0.29) is 11.8 Å². The summed E-state index contributed by atoms with van der Waals surface area (Å²) in [5.74, 6) is -0.917. The predicted octanol–water partition coefficient (Wildman–Crippen LogP) is 1.57. The zero-order valence-electron chi connectivity index (χ0n) is 14.9. The molecule has 6 heteroatoms. The molecule has 136 valence electrons. The van der Waals surface area contributed by atoms with E-state index in [4.69, 9.17) is 4.74 Å². The molecule has 2 aliphatic rings. The minimum absolute atomic E-state index is 0.00224. The minimum atomic E-state index is -0.861. The maximum atomic E-state index is 12.6. The van der Waals surface area contributed by atoms with E-state index in [9.17, 15) is 14.7 Å². The van der Waals surface area contributed by atoms with E-state index in [1.54, 1.807) is 0 Å². The summed E-state index contributed by atoms with van der Waals surface area (Å²) in [7, 11) is 0. The molecule has 3 rings (SSSR count). The van der Waals surface area contributed by atoms with Crippen molar-refractivity contribution in [2.75, 3.05) is 39.3 Å². The van der Waals surface area contributed by atoms with Crippen molar-refractivity contribution in [1.82, 2.24) is 9.80 Å². The van der Waals surface area contributed by atoms with Gasteiger partial charge >= 0.3 is 5.97 Å². The van der Waals surface area contributed by atoms with Gasteiger partial charge in [-0.3, -0.25) is 14.5 Å². The van der Waals surface area contributed by atoms with Crippen LogP contribution in [0.3, 0.4) is 0 Å². The van der Waals surface area contributed by atoms with E-state index < -0.39 is 17.3 Å². The topological polar surface area (TPSA) is 70.1 Å². The molecule has 0 aromatic heterocycles. The Hall–Kier alpha value is -2.08. The van der Waals surface area contributed by atoms with E-state index in [1.165, 1.54) is 0 Å². The normalized spacial score (nSPS) is 25.4. The van der Waals surface area contributed by atoms with Gasteiger partial charge in [0.05, 0.1) is 11.8 Å². The Balaban J connectivity index is 1.41. The lowest BCUT2D eigenvalue weighted by molar-refractivity contribution is -0.142. The van der Waals surface area contributed by atoms with Crippen molar-refractivity contribution < 1.29 is 19.4 Å². The van der Waals surface area contributed by atoms with Gasteiger partial charge < -0.3 is 14.7 Å². The van der Waals surface area contributed by atoms with Crippen LogP contribution in [-0.4, -0.2) is 66.1 Å². The lowest BCUT2D eigenvalue weighted by Crippen LogP contribution is -2.50. The van der Waals surface area contributed by atoms with Crippen molar-refractivity contribution in [3.05, 3.63) is 30.3 Å². The second-order valence-electron chi connectivity index (χ2n) is 7.44. The molecule has 1 saturated carbocycles. The number of piperazine rings is 1. The number of carboxylic acid groups (broad SMARTS) is 1. The molecular formula is C19H26N2O4. The summed E-state index contributed by atoms with van der Waals surface area (Å²) in [5, 5.41) is 9.25. The first kappa shape index (κ1) is 17.7. The standard InChI is InChI=1S/C19H26N2O4/c1-19(2)15(16(19)18(23)24)17(22)21-10-8-20(9-11-21)12-13-25-14-6-4-3-5-7-14/h3-7,15-16H,8-13H2,1-2H3,(H,23,24). The quantitative estimate of drug-likeness (QED) is 0.847. The SMILES string of the molecule is CC1(C)C(C(=O)O)C1C(=O)N1CCN(CCOc2ccccc2)CC1. The van der Waals surface area contributed by atoms with E-state index in [2.05, 4.69) is 4.90 Å². The van der Waals surface area contributed by atoms with E-state index in [0.717, 1.165) is 25.4 Å². The molecular weight excluding hydrogens is 320 g/mol. The molecule has 1 aliphatic heterocycles. The number of aliphatic carboxylic acids is 1. The van der Waals surface area contributed by atoms with Gasteiger partial charge in [-0.15, -0.1) is 0 Å². The number of ether oxygens (including phenoxy) is 1. The molecule has 2 atom stereocenters. The van der Waals surface area contributed by atoms with E-state index in [0.29, 0.717) is 19.7 Å². The Morgan fingerprint density at radius 2 is 1.76 bits per heavy atom. The number of hydrogen-bond acceptors (Lipinski definition) is 4. The number of amides is 1. The molecule has 1 aliphatic carbocycles. The van der Waals surface area contributed by atoms with Crippen LogP contribution in [0.15, 0.2) is 30.3 Å². The molecule has 2 fully saturated rings. The van der Waals surface area contributed by atoms with Crippen LogP contribution in [0.4, 0.5) is 0 Å². The summed E-state index contributed by atoms with van der Waals surface area (Å²) < 4.78 is 5.71. The summed E-state index contributed by atoms with van der Waals surface area (Å²) in [5.41, 5.74) is -0.427. The Bertz CT molecular complexity index is 624. The smallest absolute Gasteiger partial charge is 0.307 e. The Morgan fingerprint density at radius 1 is 1.12 bits per heavy atom. The van der Waals surface area contributed by atoms with Crippen LogP contribution in [0.1, 0.15) is 13.8 Å². The van der Waals surface area contributed by atoms with Crippen molar-refractivity contribution >= 4 is 11.9 Å². The van der Waals surface area contributed by atoms with Crippen LogP contribution >= 0.6 is 0 Å². The molecule has 25 heavy (non-hydrogen) atoms. The summed E-state index contributed by atoms with van der Waals surface area (Å²) >= 11 is 0. The third-order valence-corrected chi connectivity index (χ3v) is 5.46. The number of para-hydroxylation sites is 1. The average Bonchev–Trinajstić information content (AvgIpc) is 3.18.